The molecule has 0 heterocycles. The van der Waals surface area contributed by atoms with Crippen LogP contribution in [0.25, 0.3) is 0 Å². The third-order valence-corrected chi connectivity index (χ3v) is 3.15. The summed E-state index contributed by atoms with van der Waals surface area (Å²) in [5.74, 6) is 0. The minimum Gasteiger partial charge on any atom is -0.394 e. The molecule has 2 N–H and O–H groups in total. The van der Waals surface area contributed by atoms with Gasteiger partial charge in [-0.15, -0.1) is 0 Å². The molecule has 1 rings (SSSR count). The summed E-state index contributed by atoms with van der Waals surface area (Å²) in [6, 6.07) is 0.596. The second-order valence-electron chi connectivity index (χ2n) is 5.94. The van der Waals surface area contributed by atoms with Crippen molar-refractivity contribution in [1.82, 2.24) is 5.32 Å². The number of hydrogen-bond donors (Lipinski definition) is 2. The van der Waals surface area contributed by atoms with Crippen LogP contribution in [-0.2, 0) is 9.47 Å². The highest BCUT2D eigenvalue weighted by molar-refractivity contribution is 4.93. The van der Waals surface area contributed by atoms with Gasteiger partial charge >= 0.3 is 0 Å². The van der Waals surface area contributed by atoms with Crippen molar-refractivity contribution in [3.63, 3.8) is 0 Å². The van der Waals surface area contributed by atoms with E-state index < -0.39 is 0 Å². The number of nitrogens with one attached hydrogen (secondary N) is 1. The van der Waals surface area contributed by atoms with Crippen molar-refractivity contribution in [3.8, 4) is 0 Å². The second-order valence-corrected chi connectivity index (χ2v) is 5.94. The summed E-state index contributed by atoms with van der Waals surface area (Å²) in [7, 11) is 0. The van der Waals surface area contributed by atoms with Crippen LogP contribution in [0.2, 0.25) is 0 Å². The van der Waals surface area contributed by atoms with E-state index in [0.29, 0.717) is 19.3 Å². The van der Waals surface area contributed by atoms with E-state index >= 15 is 0 Å². The van der Waals surface area contributed by atoms with Crippen LogP contribution in [0.15, 0.2) is 0 Å². The first-order chi connectivity index (χ1) is 8.45. The number of hydrogen-bond acceptors (Lipinski definition) is 4. The molecule has 0 bridgehead atoms. The fourth-order valence-corrected chi connectivity index (χ4v) is 2.12. The SMILES string of the molecule is CC(C)OCCOC(C)CC(C)(CO)NC1CC1. The Balaban J connectivity index is 2.17. The van der Waals surface area contributed by atoms with Crippen LogP contribution < -0.4 is 5.32 Å². The maximum Gasteiger partial charge on any atom is 0.0704 e. The van der Waals surface area contributed by atoms with Crippen LogP contribution in [0.3, 0.4) is 0 Å². The summed E-state index contributed by atoms with van der Waals surface area (Å²) in [5, 5.41) is 13.0. The number of ether oxygens (including phenoxy) is 2. The highest BCUT2D eigenvalue weighted by atomic mass is 16.5. The first-order valence-electron chi connectivity index (χ1n) is 7.07. The fourth-order valence-electron chi connectivity index (χ4n) is 2.12. The van der Waals surface area contributed by atoms with E-state index in [1.54, 1.807) is 0 Å². The van der Waals surface area contributed by atoms with Gasteiger partial charge < -0.3 is 19.9 Å². The van der Waals surface area contributed by atoms with E-state index in [1.807, 2.05) is 13.8 Å². The molecule has 1 aliphatic rings. The largest absolute Gasteiger partial charge is 0.394 e. The number of rotatable bonds is 10. The number of aliphatic hydroxyl groups excluding tert-OH is 1. The summed E-state index contributed by atoms with van der Waals surface area (Å²) in [6.07, 6.45) is 3.66. The maximum absolute atomic E-state index is 9.51. The summed E-state index contributed by atoms with van der Waals surface area (Å²) in [5.41, 5.74) is -0.223. The fraction of sp³-hybridized carbons (Fsp3) is 1.00. The summed E-state index contributed by atoms with van der Waals surface area (Å²) < 4.78 is 11.1. The van der Waals surface area contributed by atoms with Gasteiger partial charge in [0.2, 0.25) is 0 Å². The highest BCUT2D eigenvalue weighted by Gasteiger charge is 2.33. The van der Waals surface area contributed by atoms with Crippen molar-refractivity contribution in [1.29, 1.82) is 0 Å². The molecule has 108 valence electrons. The molecule has 0 saturated heterocycles. The molecule has 4 nitrogen and oxygen atoms in total. The molecular formula is C14H29NO3. The van der Waals surface area contributed by atoms with Gasteiger partial charge in [0.25, 0.3) is 0 Å². The smallest absolute Gasteiger partial charge is 0.0704 e. The van der Waals surface area contributed by atoms with E-state index in [0.717, 1.165) is 6.42 Å². The Morgan fingerprint density at radius 1 is 1.22 bits per heavy atom. The molecule has 2 atom stereocenters. The average Bonchev–Trinajstić information content (AvgIpc) is 3.08. The van der Waals surface area contributed by atoms with Crippen molar-refractivity contribution < 1.29 is 14.6 Å². The van der Waals surface area contributed by atoms with Gasteiger partial charge in [-0.2, -0.15) is 0 Å². The summed E-state index contributed by atoms with van der Waals surface area (Å²) in [4.78, 5) is 0. The zero-order chi connectivity index (χ0) is 13.6. The standard InChI is InChI=1S/C14H29NO3/c1-11(2)17-7-8-18-12(3)9-14(4,10-16)15-13-5-6-13/h11-13,15-16H,5-10H2,1-4H3. The van der Waals surface area contributed by atoms with Crippen molar-refractivity contribution in [3.05, 3.63) is 0 Å². The van der Waals surface area contributed by atoms with Gasteiger partial charge in [0, 0.05) is 11.6 Å². The van der Waals surface area contributed by atoms with Crippen LogP contribution in [0, 0.1) is 0 Å². The molecule has 1 aliphatic carbocycles. The molecule has 1 saturated carbocycles. The van der Waals surface area contributed by atoms with Crippen LogP contribution in [-0.4, -0.2) is 48.7 Å². The zero-order valence-electron chi connectivity index (χ0n) is 12.2. The third kappa shape index (κ3) is 6.69. The Labute approximate surface area is 111 Å². The Bertz CT molecular complexity index is 231. The quantitative estimate of drug-likeness (QED) is 0.586. The lowest BCUT2D eigenvalue weighted by molar-refractivity contribution is -0.0209. The molecule has 0 aromatic heterocycles. The Hall–Kier alpha value is -0.160. The molecule has 1 fully saturated rings. The number of aliphatic hydroxyl groups is 1. The van der Waals surface area contributed by atoms with E-state index in [4.69, 9.17) is 9.47 Å². The van der Waals surface area contributed by atoms with E-state index in [9.17, 15) is 5.11 Å². The second kappa shape index (κ2) is 7.43. The van der Waals surface area contributed by atoms with Gasteiger partial charge in [-0.3, -0.25) is 0 Å². The average molecular weight is 259 g/mol. The van der Waals surface area contributed by atoms with Crippen molar-refractivity contribution in [2.24, 2.45) is 0 Å². The molecule has 18 heavy (non-hydrogen) atoms. The predicted molar refractivity (Wildman–Crippen MR) is 72.8 cm³/mol. The zero-order valence-corrected chi connectivity index (χ0v) is 12.2. The molecule has 0 aromatic carbocycles. The lowest BCUT2D eigenvalue weighted by atomic mass is 9.95. The van der Waals surface area contributed by atoms with Crippen LogP contribution >= 0.6 is 0 Å². The molecule has 0 aromatic rings. The minimum absolute atomic E-state index is 0.129. The molecule has 4 heteroatoms. The van der Waals surface area contributed by atoms with E-state index in [2.05, 4.69) is 19.2 Å². The van der Waals surface area contributed by atoms with E-state index in [1.165, 1.54) is 12.8 Å². The minimum atomic E-state index is -0.223. The third-order valence-electron chi connectivity index (χ3n) is 3.15. The molecular weight excluding hydrogens is 230 g/mol. The van der Waals surface area contributed by atoms with Crippen molar-refractivity contribution in [2.45, 2.75) is 70.7 Å². The van der Waals surface area contributed by atoms with Crippen molar-refractivity contribution >= 4 is 0 Å². The van der Waals surface area contributed by atoms with Gasteiger partial charge in [0.1, 0.15) is 0 Å². The van der Waals surface area contributed by atoms with Gasteiger partial charge in [0.15, 0.2) is 0 Å². The maximum atomic E-state index is 9.51. The summed E-state index contributed by atoms with van der Waals surface area (Å²) >= 11 is 0. The van der Waals surface area contributed by atoms with Gasteiger partial charge in [-0.1, -0.05) is 0 Å². The van der Waals surface area contributed by atoms with Crippen LogP contribution in [0.1, 0.15) is 47.0 Å². The van der Waals surface area contributed by atoms with Gasteiger partial charge in [0.05, 0.1) is 32.0 Å². The topological polar surface area (TPSA) is 50.7 Å². The molecule has 0 radical (unpaired) electrons. The Morgan fingerprint density at radius 3 is 2.33 bits per heavy atom. The van der Waals surface area contributed by atoms with Crippen molar-refractivity contribution in [2.75, 3.05) is 19.8 Å². The lowest BCUT2D eigenvalue weighted by Gasteiger charge is -2.31. The highest BCUT2D eigenvalue weighted by Crippen LogP contribution is 2.25. The molecule has 0 spiro atoms. The molecule has 0 aliphatic heterocycles. The van der Waals surface area contributed by atoms with Crippen LogP contribution in [0.5, 0.6) is 0 Å². The first kappa shape index (κ1) is 15.9. The molecule has 2 unspecified atom stereocenters. The van der Waals surface area contributed by atoms with E-state index in [-0.39, 0.29) is 24.4 Å². The first-order valence-corrected chi connectivity index (χ1v) is 7.07. The Morgan fingerprint density at radius 2 is 1.83 bits per heavy atom. The molecule has 0 amide bonds. The van der Waals surface area contributed by atoms with Gasteiger partial charge in [-0.25, -0.2) is 0 Å². The van der Waals surface area contributed by atoms with Crippen LogP contribution in [0.4, 0.5) is 0 Å². The monoisotopic (exact) mass is 259 g/mol. The predicted octanol–water partition coefficient (Wildman–Crippen LogP) is 1.71. The summed E-state index contributed by atoms with van der Waals surface area (Å²) in [6.45, 7) is 9.56. The Kier molecular flexibility index (Phi) is 6.57. The lowest BCUT2D eigenvalue weighted by Crippen LogP contribution is -2.49. The normalized spacial score (nSPS) is 21.0. The van der Waals surface area contributed by atoms with Gasteiger partial charge in [-0.05, 0) is 47.0 Å².